The lowest BCUT2D eigenvalue weighted by atomic mass is 10.5. The Labute approximate surface area is 96.3 Å². The van der Waals surface area contributed by atoms with Crippen LogP contribution in [0.3, 0.4) is 0 Å². The van der Waals surface area contributed by atoms with Crippen LogP contribution in [0, 0.1) is 0 Å². The zero-order chi connectivity index (χ0) is 12.0. The smallest absolute Gasteiger partial charge is 0.215 e. The molecule has 2 N–H and O–H groups in total. The average Bonchev–Trinajstić information content (AvgIpc) is 2.76. The summed E-state index contributed by atoms with van der Waals surface area (Å²) in [7, 11) is -3.28. The Hall–Kier alpha value is -0.850. The normalized spacial score (nSPS) is 13.9. The molecule has 0 amide bonds. The van der Waals surface area contributed by atoms with Crippen LogP contribution in [0.2, 0.25) is 0 Å². The van der Waals surface area contributed by atoms with E-state index in [-0.39, 0.29) is 6.54 Å². The molecule has 1 atom stereocenters. The van der Waals surface area contributed by atoms with E-state index in [1.54, 1.807) is 19.1 Å². The van der Waals surface area contributed by atoms with Crippen molar-refractivity contribution in [1.29, 1.82) is 0 Å². The molecule has 0 fully saturated rings. The van der Waals surface area contributed by atoms with Crippen molar-refractivity contribution in [3.63, 3.8) is 0 Å². The van der Waals surface area contributed by atoms with Gasteiger partial charge in [0.05, 0.1) is 18.1 Å². The van der Waals surface area contributed by atoms with E-state index < -0.39 is 15.3 Å². The van der Waals surface area contributed by atoms with Gasteiger partial charge in [-0.15, -0.1) is 0 Å². The summed E-state index contributed by atoms with van der Waals surface area (Å²) < 4.78 is 31.0. The molecule has 92 valence electrons. The molecule has 1 heterocycles. The van der Waals surface area contributed by atoms with Crippen LogP contribution in [0.4, 0.5) is 0 Å². The maximum atomic E-state index is 11.7. The minimum Gasteiger partial charge on any atom is -0.468 e. The highest BCUT2D eigenvalue weighted by molar-refractivity contribution is 7.90. The number of sulfonamides is 1. The maximum absolute atomic E-state index is 11.7. The Morgan fingerprint density at radius 2 is 2.25 bits per heavy atom. The van der Waals surface area contributed by atoms with Gasteiger partial charge in [-0.3, -0.25) is 0 Å². The van der Waals surface area contributed by atoms with Gasteiger partial charge in [0, 0.05) is 6.54 Å². The number of rotatable bonds is 7. The second-order valence-corrected chi connectivity index (χ2v) is 5.75. The number of hydrogen-bond acceptors (Lipinski definition) is 4. The molecule has 6 heteroatoms. The van der Waals surface area contributed by atoms with Crippen LogP contribution in [-0.2, 0) is 16.6 Å². The SMILES string of the molecule is CCNCC(C)S(=O)(=O)NCc1ccco1. The summed E-state index contributed by atoms with van der Waals surface area (Å²) in [5.74, 6) is 0.610. The molecule has 0 aliphatic carbocycles. The van der Waals surface area contributed by atoms with E-state index in [1.807, 2.05) is 6.92 Å². The molecule has 1 unspecified atom stereocenters. The number of hydrogen-bond donors (Lipinski definition) is 2. The first-order chi connectivity index (χ1) is 7.56. The predicted molar refractivity (Wildman–Crippen MR) is 62.5 cm³/mol. The monoisotopic (exact) mass is 246 g/mol. The van der Waals surface area contributed by atoms with E-state index in [2.05, 4.69) is 10.0 Å². The van der Waals surface area contributed by atoms with E-state index in [1.165, 1.54) is 6.26 Å². The van der Waals surface area contributed by atoms with Gasteiger partial charge < -0.3 is 9.73 Å². The van der Waals surface area contributed by atoms with Crippen molar-refractivity contribution in [2.24, 2.45) is 0 Å². The van der Waals surface area contributed by atoms with Crippen LogP contribution in [0.5, 0.6) is 0 Å². The van der Waals surface area contributed by atoms with E-state index >= 15 is 0 Å². The van der Waals surface area contributed by atoms with Crippen molar-refractivity contribution in [1.82, 2.24) is 10.0 Å². The first-order valence-electron chi connectivity index (χ1n) is 5.28. The second kappa shape index (κ2) is 6.03. The second-order valence-electron chi connectivity index (χ2n) is 3.56. The van der Waals surface area contributed by atoms with Crippen molar-refractivity contribution in [2.45, 2.75) is 25.6 Å². The summed E-state index contributed by atoms with van der Waals surface area (Å²) in [5, 5.41) is 2.55. The predicted octanol–water partition coefficient (Wildman–Crippen LogP) is 0.697. The summed E-state index contributed by atoms with van der Waals surface area (Å²) in [6.07, 6.45) is 1.52. The van der Waals surface area contributed by atoms with E-state index in [4.69, 9.17) is 4.42 Å². The zero-order valence-electron chi connectivity index (χ0n) is 9.56. The Morgan fingerprint density at radius 1 is 1.50 bits per heavy atom. The third kappa shape index (κ3) is 3.96. The summed E-state index contributed by atoms with van der Waals surface area (Å²) in [5.41, 5.74) is 0. The molecule has 1 aromatic rings. The van der Waals surface area contributed by atoms with Crippen molar-refractivity contribution in [2.75, 3.05) is 13.1 Å². The van der Waals surface area contributed by atoms with Gasteiger partial charge in [0.15, 0.2) is 0 Å². The van der Waals surface area contributed by atoms with Gasteiger partial charge in [0.2, 0.25) is 10.0 Å². The third-order valence-corrected chi connectivity index (χ3v) is 4.01. The fourth-order valence-corrected chi connectivity index (χ4v) is 2.15. The highest BCUT2D eigenvalue weighted by Crippen LogP contribution is 2.02. The Kier molecular flexibility index (Phi) is 4.98. The van der Waals surface area contributed by atoms with Gasteiger partial charge in [-0.1, -0.05) is 6.92 Å². The molecule has 0 radical (unpaired) electrons. The maximum Gasteiger partial charge on any atom is 0.215 e. The van der Waals surface area contributed by atoms with Crippen LogP contribution in [0.15, 0.2) is 22.8 Å². The minimum atomic E-state index is -3.28. The van der Waals surface area contributed by atoms with Crippen molar-refractivity contribution in [3.05, 3.63) is 24.2 Å². The highest BCUT2D eigenvalue weighted by Gasteiger charge is 2.19. The van der Waals surface area contributed by atoms with E-state index in [0.717, 1.165) is 6.54 Å². The Bertz CT molecular complexity index is 386. The topological polar surface area (TPSA) is 71.3 Å². The molecular weight excluding hydrogens is 228 g/mol. The first kappa shape index (κ1) is 13.2. The highest BCUT2D eigenvalue weighted by atomic mass is 32.2. The molecule has 0 saturated carbocycles. The lowest BCUT2D eigenvalue weighted by molar-refractivity contribution is 0.496. The van der Waals surface area contributed by atoms with Crippen LogP contribution in [0.25, 0.3) is 0 Å². The molecule has 0 aromatic carbocycles. The summed E-state index contributed by atoms with van der Waals surface area (Å²) >= 11 is 0. The zero-order valence-corrected chi connectivity index (χ0v) is 10.4. The molecular formula is C10H18N2O3S. The molecule has 0 aliphatic rings. The largest absolute Gasteiger partial charge is 0.468 e. The quantitative estimate of drug-likeness (QED) is 0.743. The lowest BCUT2D eigenvalue weighted by Gasteiger charge is -2.13. The third-order valence-electron chi connectivity index (χ3n) is 2.24. The molecule has 0 spiro atoms. The minimum absolute atomic E-state index is 0.200. The van der Waals surface area contributed by atoms with E-state index in [9.17, 15) is 8.42 Å². The van der Waals surface area contributed by atoms with Crippen LogP contribution in [0.1, 0.15) is 19.6 Å². The van der Waals surface area contributed by atoms with Gasteiger partial charge in [-0.25, -0.2) is 13.1 Å². The van der Waals surface area contributed by atoms with Crippen LogP contribution >= 0.6 is 0 Å². The van der Waals surface area contributed by atoms with Crippen molar-refractivity contribution in [3.8, 4) is 0 Å². The molecule has 0 aliphatic heterocycles. The Balaban J connectivity index is 2.45. The molecule has 1 rings (SSSR count). The summed E-state index contributed by atoms with van der Waals surface area (Å²) in [4.78, 5) is 0. The Morgan fingerprint density at radius 3 is 2.81 bits per heavy atom. The number of furan rings is 1. The van der Waals surface area contributed by atoms with Gasteiger partial charge in [0.25, 0.3) is 0 Å². The summed E-state index contributed by atoms with van der Waals surface area (Å²) in [6, 6.07) is 3.46. The standard InChI is InChI=1S/C10H18N2O3S/c1-3-11-7-9(2)16(13,14)12-8-10-5-4-6-15-10/h4-6,9,11-12H,3,7-8H2,1-2H3. The van der Waals surface area contributed by atoms with Gasteiger partial charge >= 0.3 is 0 Å². The van der Waals surface area contributed by atoms with Crippen LogP contribution < -0.4 is 10.0 Å². The lowest BCUT2D eigenvalue weighted by Crippen LogP contribution is -2.38. The van der Waals surface area contributed by atoms with Crippen molar-refractivity contribution >= 4 is 10.0 Å². The average molecular weight is 246 g/mol. The molecule has 5 nitrogen and oxygen atoms in total. The molecule has 16 heavy (non-hydrogen) atoms. The molecule has 0 bridgehead atoms. The first-order valence-corrected chi connectivity index (χ1v) is 6.82. The summed E-state index contributed by atoms with van der Waals surface area (Å²) in [6.45, 7) is 5.02. The van der Waals surface area contributed by atoms with E-state index in [0.29, 0.717) is 12.3 Å². The van der Waals surface area contributed by atoms with Crippen LogP contribution in [-0.4, -0.2) is 26.8 Å². The van der Waals surface area contributed by atoms with Gasteiger partial charge in [-0.05, 0) is 25.6 Å². The fraction of sp³-hybridized carbons (Fsp3) is 0.600. The van der Waals surface area contributed by atoms with Gasteiger partial charge in [0.1, 0.15) is 5.76 Å². The van der Waals surface area contributed by atoms with Gasteiger partial charge in [-0.2, -0.15) is 0 Å². The molecule has 1 aromatic heterocycles. The fourth-order valence-electron chi connectivity index (χ4n) is 1.18. The number of nitrogens with one attached hydrogen (secondary N) is 2. The molecule has 0 saturated heterocycles. The van der Waals surface area contributed by atoms with Crippen molar-refractivity contribution < 1.29 is 12.8 Å².